The number of ether oxygens (including phenoxy) is 2. The van der Waals surface area contributed by atoms with E-state index in [1.54, 1.807) is 18.2 Å². The number of rotatable bonds is 2. The Morgan fingerprint density at radius 2 is 1.52 bits per heavy atom. The first-order chi connectivity index (χ1) is 10.1. The van der Waals surface area contributed by atoms with Gasteiger partial charge in [-0.2, -0.15) is 0 Å². The van der Waals surface area contributed by atoms with Gasteiger partial charge < -0.3 is 15.2 Å². The molecule has 3 nitrogen and oxygen atoms in total. The van der Waals surface area contributed by atoms with E-state index in [0.717, 1.165) is 6.07 Å². The number of hydrogen-bond donors (Lipinski definition) is 1. The van der Waals surface area contributed by atoms with Crippen molar-refractivity contribution in [3.8, 4) is 11.5 Å². The average molecular weight is 295 g/mol. The number of fused-ring (bicyclic) bond motifs is 1. The highest BCUT2D eigenvalue weighted by atomic mass is 19.2. The van der Waals surface area contributed by atoms with E-state index in [0.29, 0.717) is 36.3 Å². The maximum atomic E-state index is 13.8. The second kappa shape index (κ2) is 5.29. The molecular formula is C15H12F3NO2. The van der Waals surface area contributed by atoms with E-state index >= 15 is 0 Å². The summed E-state index contributed by atoms with van der Waals surface area (Å²) >= 11 is 0. The molecular weight excluding hydrogens is 283 g/mol. The van der Waals surface area contributed by atoms with Gasteiger partial charge in [0, 0.05) is 11.6 Å². The van der Waals surface area contributed by atoms with Crippen molar-refractivity contribution in [2.75, 3.05) is 13.2 Å². The molecule has 1 heterocycles. The van der Waals surface area contributed by atoms with Gasteiger partial charge in [-0.3, -0.25) is 0 Å². The summed E-state index contributed by atoms with van der Waals surface area (Å²) < 4.78 is 50.8. The molecule has 1 aliphatic heterocycles. The molecule has 6 heteroatoms. The van der Waals surface area contributed by atoms with Crippen LogP contribution in [0.25, 0.3) is 0 Å². The zero-order valence-electron chi connectivity index (χ0n) is 10.9. The normalized spacial score (nSPS) is 14.9. The third-order valence-corrected chi connectivity index (χ3v) is 3.30. The van der Waals surface area contributed by atoms with Crippen molar-refractivity contribution in [1.82, 2.24) is 0 Å². The van der Waals surface area contributed by atoms with Crippen LogP contribution in [0.15, 0.2) is 30.3 Å². The van der Waals surface area contributed by atoms with Crippen LogP contribution in [-0.4, -0.2) is 13.2 Å². The molecule has 0 aromatic heterocycles. The van der Waals surface area contributed by atoms with Gasteiger partial charge in [-0.25, -0.2) is 13.2 Å². The Morgan fingerprint density at radius 3 is 2.29 bits per heavy atom. The van der Waals surface area contributed by atoms with Crippen LogP contribution in [0.5, 0.6) is 11.5 Å². The maximum absolute atomic E-state index is 13.8. The Hall–Kier alpha value is -2.21. The van der Waals surface area contributed by atoms with Crippen LogP contribution in [0, 0.1) is 17.5 Å². The second-order valence-corrected chi connectivity index (χ2v) is 4.67. The largest absolute Gasteiger partial charge is 0.486 e. The van der Waals surface area contributed by atoms with Gasteiger partial charge in [0.15, 0.2) is 23.1 Å². The molecule has 0 amide bonds. The third kappa shape index (κ3) is 2.54. The number of hydrogen-bond acceptors (Lipinski definition) is 3. The quantitative estimate of drug-likeness (QED) is 0.866. The topological polar surface area (TPSA) is 44.5 Å². The molecule has 1 atom stereocenters. The van der Waals surface area contributed by atoms with E-state index in [9.17, 15) is 13.2 Å². The van der Waals surface area contributed by atoms with Gasteiger partial charge in [-0.15, -0.1) is 0 Å². The smallest absolute Gasteiger partial charge is 0.161 e. The fourth-order valence-corrected chi connectivity index (χ4v) is 2.21. The van der Waals surface area contributed by atoms with Gasteiger partial charge in [-0.05, 0) is 23.8 Å². The van der Waals surface area contributed by atoms with E-state index in [1.807, 2.05) is 0 Å². The fraction of sp³-hybridized carbons (Fsp3) is 0.200. The Morgan fingerprint density at radius 1 is 0.857 bits per heavy atom. The molecule has 3 rings (SSSR count). The van der Waals surface area contributed by atoms with Crippen LogP contribution in [-0.2, 0) is 0 Å². The number of benzene rings is 2. The molecule has 0 spiro atoms. The second-order valence-electron chi connectivity index (χ2n) is 4.67. The molecule has 0 saturated heterocycles. The van der Waals surface area contributed by atoms with Gasteiger partial charge in [0.1, 0.15) is 19.0 Å². The summed E-state index contributed by atoms with van der Waals surface area (Å²) in [4.78, 5) is 0. The lowest BCUT2D eigenvalue weighted by Crippen LogP contribution is -2.18. The lowest BCUT2D eigenvalue weighted by Gasteiger charge is -2.21. The molecule has 0 radical (unpaired) electrons. The molecule has 21 heavy (non-hydrogen) atoms. The summed E-state index contributed by atoms with van der Waals surface area (Å²) in [6, 6.07) is 5.23. The highest BCUT2D eigenvalue weighted by Crippen LogP contribution is 2.34. The minimum Gasteiger partial charge on any atom is -0.486 e. The number of nitrogens with two attached hydrogens (primary N) is 1. The summed E-state index contributed by atoms with van der Waals surface area (Å²) in [5, 5.41) is 0. The Balaban J connectivity index is 1.98. The molecule has 1 unspecified atom stereocenters. The third-order valence-electron chi connectivity index (χ3n) is 3.30. The van der Waals surface area contributed by atoms with E-state index in [1.165, 1.54) is 0 Å². The molecule has 110 valence electrons. The van der Waals surface area contributed by atoms with Gasteiger partial charge >= 0.3 is 0 Å². The predicted octanol–water partition coefficient (Wildman–Crippen LogP) is 2.92. The van der Waals surface area contributed by atoms with Gasteiger partial charge in [0.2, 0.25) is 0 Å². The summed E-state index contributed by atoms with van der Waals surface area (Å²) in [6.07, 6.45) is 0. The minimum absolute atomic E-state index is 0.120. The first kappa shape index (κ1) is 13.8. The average Bonchev–Trinajstić information content (AvgIpc) is 2.50. The summed E-state index contributed by atoms with van der Waals surface area (Å²) in [6.45, 7) is 0.863. The van der Waals surface area contributed by atoms with Crippen LogP contribution < -0.4 is 15.2 Å². The molecule has 1 aliphatic rings. The summed E-state index contributed by atoms with van der Waals surface area (Å²) in [7, 11) is 0. The molecule has 0 fully saturated rings. The van der Waals surface area contributed by atoms with Crippen molar-refractivity contribution < 1.29 is 22.6 Å². The van der Waals surface area contributed by atoms with Crippen LogP contribution in [0.1, 0.15) is 17.2 Å². The lowest BCUT2D eigenvalue weighted by atomic mass is 9.98. The Kier molecular flexibility index (Phi) is 3.47. The van der Waals surface area contributed by atoms with Crippen LogP contribution in [0.3, 0.4) is 0 Å². The zero-order chi connectivity index (χ0) is 15.0. The zero-order valence-corrected chi connectivity index (χ0v) is 10.9. The van der Waals surface area contributed by atoms with Gasteiger partial charge in [-0.1, -0.05) is 6.07 Å². The van der Waals surface area contributed by atoms with Gasteiger partial charge in [0.25, 0.3) is 0 Å². The SMILES string of the molecule is NC(c1ccc2c(c1)OCCO2)c1cc(F)c(F)cc1F. The summed E-state index contributed by atoms with van der Waals surface area (Å²) in [5.74, 6) is -2.21. The van der Waals surface area contributed by atoms with E-state index in [-0.39, 0.29) is 5.56 Å². The summed E-state index contributed by atoms with van der Waals surface area (Å²) in [5.41, 5.74) is 6.34. The van der Waals surface area contributed by atoms with Gasteiger partial charge in [0.05, 0.1) is 6.04 Å². The first-order valence-electron chi connectivity index (χ1n) is 6.36. The predicted molar refractivity (Wildman–Crippen MR) is 69.8 cm³/mol. The van der Waals surface area contributed by atoms with Crippen molar-refractivity contribution in [3.05, 3.63) is 58.9 Å². The minimum atomic E-state index is -1.24. The lowest BCUT2D eigenvalue weighted by molar-refractivity contribution is 0.171. The van der Waals surface area contributed by atoms with Crippen molar-refractivity contribution in [2.45, 2.75) is 6.04 Å². The van der Waals surface area contributed by atoms with Crippen molar-refractivity contribution in [3.63, 3.8) is 0 Å². The van der Waals surface area contributed by atoms with Crippen LogP contribution in [0.4, 0.5) is 13.2 Å². The molecule has 2 aromatic rings. The monoisotopic (exact) mass is 295 g/mol. The standard InChI is InChI=1S/C15H12F3NO2/c16-10-7-12(18)11(17)6-9(10)15(19)8-1-2-13-14(5-8)21-4-3-20-13/h1-2,5-7,15H,3-4,19H2. The molecule has 0 aliphatic carbocycles. The molecule has 2 aromatic carbocycles. The first-order valence-corrected chi connectivity index (χ1v) is 6.36. The van der Waals surface area contributed by atoms with E-state index in [2.05, 4.69) is 0 Å². The van der Waals surface area contributed by atoms with Crippen LogP contribution >= 0.6 is 0 Å². The fourth-order valence-electron chi connectivity index (χ4n) is 2.21. The highest BCUT2D eigenvalue weighted by molar-refractivity contribution is 5.46. The maximum Gasteiger partial charge on any atom is 0.161 e. The Bertz CT molecular complexity index is 691. The van der Waals surface area contributed by atoms with E-state index < -0.39 is 23.5 Å². The highest BCUT2D eigenvalue weighted by Gasteiger charge is 2.20. The number of halogens is 3. The van der Waals surface area contributed by atoms with Crippen molar-refractivity contribution in [2.24, 2.45) is 5.73 Å². The van der Waals surface area contributed by atoms with Crippen LogP contribution in [0.2, 0.25) is 0 Å². The Labute approximate surface area is 119 Å². The molecule has 2 N–H and O–H groups in total. The van der Waals surface area contributed by atoms with E-state index in [4.69, 9.17) is 15.2 Å². The molecule has 0 bridgehead atoms. The van der Waals surface area contributed by atoms with Crippen molar-refractivity contribution in [1.29, 1.82) is 0 Å². The molecule has 0 saturated carbocycles. The van der Waals surface area contributed by atoms with Crippen molar-refractivity contribution >= 4 is 0 Å².